The molecule has 0 unspecified atom stereocenters. The van der Waals surface area contributed by atoms with Crippen LogP contribution in [0.4, 0.5) is 0 Å². The van der Waals surface area contributed by atoms with Crippen LogP contribution in [0.3, 0.4) is 0 Å². The summed E-state index contributed by atoms with van der Waals surface area (Å²) in [6.45, 7) is 2.10. The summed E-state index contributed by atoms with van der Waals surface area (Å²) in [4.78, 5) is 0.296. The average Bonchev–Trinajstić information content (AvgIpc) is 3.22. The minimum atomic E-state index is -3.56. The fourth-order valence-electron chi connectivity index (χ4n) is 3.48. The van der Waals surface area contributed by atoms with Gasteiger partial charge in [0.15, 0.2) is 9.84 Å². The predicted octanol–water partition coefficient (Wildman–Crippen LogP) is 2.29. The molecular weight excluding hydrogens is 338 g/mol. The van der Waals surface area contributed by atoms with Crippen LogP contribution in [0.25, 0.3) is 0 Å². The van der Waals surface area contributed by atoms with E-state index in [-0.39, 0.29) is 12.5 Å². The molecule has 0 aromatic heterocycles. The van der Waals surface area contributed by atoms with E-state index in [2.05, 4.69) is 0 Å². The third-order valence-electron chi connectivity index (χ3n) is 4.86. The molecule has 0 spiro atoms. The van der Waals surface area contributed by atoms with Gasteiger partial charge in [0, 0.05) is 13.0 Å². The second-order valence-corrected chi connectivity index (χ2v) is 8.64. The first kappa shape index (κ1) is 17.9. The molecule has 2 aromatic rings. The summed E-state index contributed by atoms with van der Waals surface area (Å²) >= 11 is 0. The van der Waals surface area contributed by atoms with E-state index in [1.54, 1.807) is 31.4 Å². The van der Waals surface area contributed by atoms with Gasteiger partial charge in [0.2, 0.25) is 0 Å². The molecule has 1 aliphatic rings. The normalized spacial score (nSPS) is 25.6. The van der Waals surface area contributed by atoms with Crippen molar-refractivity contribution in [2.75, 3.05) is 20.8 Å². The van der Waals surface area contributed by atoms with Crippen molar-refractivity contribution < 1.29 is 17.9 Å². The fraction of sp³-hybridized carbons (Fsp3) is 0.368. The molecule has 1 fully saturated rings. The van der Waals surface area contributed by atoms with Gasteiger partial charge in [0.25, 0.3) is 0 Å². The largest absolute Gasteiger partial charge is 0.497 e. The third kappa shape index (κ3) is 3.05. The molecule has 0 aliphatic heterocycles. The number of nitrogens with two attached hydrogens (primary N) is 1. The molecule has 0 bridgehead atoms. The highest BCUT2D eigenvalue weighted by Crippen LogP contribution is 2.55. The van der Waals surface area contributed by atoms with Gasteiger partial charge in [-0.15, -0.1) is 0 Å². The van der Waals surface area contributed by atoms with Crippen LogP contribution in [0.15, 0.2) is 53.4 Å². The monoisotopic (exact) mass is 361 g/mol. The fourth-order valence-corrected chi connectivity index (χ4v) is 5.77. The van der Waals surface area contributed by atoms with E-state index in [0.29, 0.717) is 4.90 Å². The van der Waals surface area contributed by atoms with E-state index in [1.807, 2.05) is 31.2 Å². The van der Waals surface area contributed by atoms with Gasteiger partial charge < -0.3 is 15.2 Å². The molecular formula is C19H23NO4S. The first-order valence-electron chi connectivity index (χ1n) is 8.07. The summed E-state index contributed by atoms with van der Waals surface area (Å²) in [5.41, 5.74) is 7.42. The molecule has 5 nitrogen and oxygen atoms in total. The molecule has 25 heavy (non-hydrogen) atoms. The highest BCUT2D eigenvalue weighted by molar-refractivity contribution is 7.92. The van der Waals surface area contributed by atoms with Gasteiger partial charge in [-0.05, 0) is 36.8 Å². The summed E-state index contributed by atoms with van der Waals surface area (Å²) in [6.07, 6.45) is 0. The van der Waals surface area contributed by atoms with Gasteiger partial charge >= 0.3 is 0 Å². The zero-order valence-corrected chi connectivity index (χ0v) is 15.4. The molecule has 1 aliphatic carbocycles. The topological polar surface area (TPSA) is 78.6 Å². The molecule has 1 saturated carbocycles. The maximum Gasteiger partial charge on any atom is 0.183 e. The Labute approximate surface area is 148 Å². The highest BCUT2D eigenvalue weighted by atomic mass is 32.2. The number of benzene rings is 2. The van der Waals surface area contributed by atoms with Gasteiger partial charge in [-0.25, -0.2) is 8.42 Å². The van der Waals surface area contributed by atoms with Crippen molar-refractivity contribution >= 4 is 9.84 Å². The molecule has 3 atom stereocenters. The van der Waals surface area contributed by atoms with Crippen molar-refractivity contribution in [1.82, 2.24) is 0 Å². The molecule has 0 amide bonds. The smallest absolute Gasteiger partial charge is 0.183 e. The second kappa shape index (κ2) is 6.44. The highest BCUT2D eigenvalue weighted by Gasteiger charge is 2.69. The van der Waals surface area contributed by atoms with Crippen LogP contribution < -0.4 is 10.5 Å². The first-order chi connectivity index (χ1) is 11.8. The minimum absolute atomic E-state index is 0.180. The summed E-state index contributed by atoms with van der Waals surface area (Å²) < 4.78 is 36.7. The lowest BCUT2D eigenvalue weighted by Crippen LogP contribution is -2.35. The first-order valence-corrected chi connectivity index (χ1v) is 9.61. The van der Waals surface area contributed by atoms with Crippen LogP contribution in [-0.4, -0.2) is 40.0 Å². The Morgan fingerprint density at radius 2 is 1.64 bits per heavy atom. The summed E-state index contributed by atoms with van der Waals surface area (Å²) in [5.74, 6) is 0.404. The van der Waals surface area contributed by atoms with Gasteiger partial charge in [-0.1, -0.05) is 29.8 Å². The quantitative estimate of drug-likeness (QED) is 0.854. The molecule has 2 aromatic carbocycles. The van der Waals surface area contributed by atoms with Crippen molar-refractivity contribution in [3.8, 4) is 5.75 Å². The SMILES string of the molecule is COC[C@@]1(N)[C@H](S(=O)(=O)c2ccc(C)cc2)[C@@H]1c1ccc(OC)cc1. The van der Waals surface area contributed by atoms with Crippen molar-refractivity contribution in [1.29, 1.82) is 0 Å². The molecule has 3 rings (SSSR count). The lowest BCUT2D eigenvalue weighted by atomic mass is 10.1. The molecule has 134 valence electrons. The van der Waals surface area contributed by atoms with Crippen molar-refractivity contribution in [2.45, 2.75) is 28.5 Å². The number of sulfone groups is 1. The molecule has 0 heterocycles. The Kier molecular flexibility index (Phi) is 4.62. The average molecular weight is 361 g/mol. The van der Waals surface area contributed by atoms with E-state index in [9.17, 15) is 8.42 Å². The molecule has 0 radical (unpaired) electrons. The van der Waals surface area contributed by atoms with Gasteiger partial charge in [0.05, 0.1) is 29.4 Å². The van der Waals surface area contributed by atoms with Crippen LogP contribution in [0.2, 0.25) is 0 Å². The van der Waals surface area contributed by atoms with Crippen molar-refractivity contribution in [3.63, 3.8) is 0 Å². The minimum Gasteiger partial charge on any atom is -0.497 e. The van der Waals surface area contributed by atoms with Gasteiger partial charge in [0.1, 0.15) is 5.75 Å². The standard InChI is InChI=1S/C19H23NO4S/c1-13-4-10-16(11-5-13)25(21,22)18-17(19(18,20)12-23-2)14-6-8-15(24-3)9-7-14/h4-11,17-18H,12,20H2,1-3H3/t17-,18+,19-/m0/s1. The molecule has 2 N–H and O–H groups in total. The lowest BCUT2D eigenvalue weighted by Gasteiger charge is -2.11. The molecule has 6 heteroatoms. The number of hydrogen-bond acceptors (Lipinski definition) is 5. The van der Waals surface area contributed by atoms with Crippen LogP contribution in [0.1, 0.15) is 17.0 Å². The van der Waals surface area contributed by atoms with Crippen LogP contribution in [0, 0.1) is 6.92 Å². The zero-order valence-electron chi connectivity index (χ0n) is 14.6. The Morgan fingerprint density at radius 1 is 1.04 bits per heavy atom. The van der Waals surface area contributed by atoms with E-state index in [4.69, 9.17) is 15.2 Å². The Balaban J connectivity index is 1.99. The second-order valence-electron chi connectivity index (χ2n) is 6.57. The van der Waals surface area contributed by atoms with E-state index in [0.717, 1.165) is 16.9 Å². The number of hydrogen-bond donors (Lipinski definition) is 1. The maximum atomic E-state index is 13.1. The maximum absolute atomic E-state index is 13.1. The van der Waals surface area contributed by atoms with Crippen LogP contribution in [0.5, 0.6) is 5.75 Å². The number of rotatable bonds is 6. The van der Waals surface area contributed by atoms with Crippen molar-refractivity contribution in [3.05, 3.63) is 59.7 Å². The number of aryl methyl sites for hydroxylation is 1. The summed E-state index contributed by atoms with van der Waals surface area (Å²) in [5, 5.41) is -0.712. The van der Waals surface area contributed by atoms with Gasteiger partial charge in [-0.2, -0.15) is 0 Å². The van der Waals surface area contributed by atoms with E-state index in [1.165, 1.54) is 7.11 Å². The third-order valence-corrected chi connectivity index (χ3v) is 7.16. The lowest BCUT2D eigenvalue weighted by molar-refractivity contribution is 0.171. The Hall–Kier alpha value is -1.89. The van der Waals surface area contributed by atoms with Crippen LogP contribution >= 0.6 is 0 Å². The van der Waals surface area contributed by atoms with Gasteiger partial charge in [-0.3, -0.25) is 0 Å². The van der Waals surface area contributed by atoms with Crippen molar-refractivity contribution in [2.24, 2.45) is 5.73 Å². The van der Waals surface area contributed by atoms with E-state index >= 15 is 0 Å². The Morgan fingerprint density at radius 3 is 2.16 bits per heavy atom. The number of methoxy groups -OCH3 is 2. The predicted molar refractivity (Wildman–Crippen MR) is 96.7 cm³/mol. The summed E-state index contributed by atoms with van der Waals surface area (Å²) in [7, 11) is -0.434. The zero-order chi connectivity index (χ0) is 18.2. The Bertz CT molecular complexity index is 846. The number of ether oxygens (including phenoxy) is 2. The van der Waals surface area contributed by atoms with E-state index < -0.39 is 20.6 Å². The summed E-state index contributed by atoms with van der Waals surface area (Å²) in [6, 6.07) is 14.2. The van der Waals surface area contributed by atoms with Crippen LogP contribution in [-0.2, 0) is 14.6 Å². The molecule has 0 saturated heterocycles.